The molecule has 2 heterocycles. The molecule has 2 aliphatic rings. The SMILES string of the molecule is COc1ccc(NC(=O)OC(C)(C)C)cc1N1c2ccccc2[C@@]2(c3cc(NC(=O)OC(C)(C)C)ccc3OC)CCN(S(=O)(=O)c3ccc(C)cc3)C12. The normalized spacial score (nSPS) is 18.4. The summed E-state index contributed by atoms with van der Waals surface area (Å²) in [6, 6.07) is 25.0. The lowest BCUT2D eigenvalue weighted by Gasteiger charge is -2.39. The smallest absolute Gasteiger partial charge is 0.412 e. The predicted octanol–water partition coefficient (Wildman–Crippen LogP) is 8.56. The number of amides is 2. The van der Waals surface area contributed by atoms with Crippen molar-refractivity contribution in [2.45, 2.75) is 82.6 Å². The maximum atomic E-state index is 14.9. The van der Waals surface area contributed by atoms with Crippen molar-refractivity contribution < 1.29 is 37.0 Å². The van der Waals surface area contributed by atoms with E-state index in [9.17, 15) is 18.0 Å². The zero-order valence-corrected chi connectivity index (χ0v) is 33.0. The van der Waals surface area contributed by atoms with Crippen LogP contribution in [-0.4, -0.2) is 63.0 Å². The molecule has 286 valence electrons. The standard InChI is InChI=1S/C41H48N4O8S/c1-26-14-18-29(19-15-26)54(48,49)44-23-22-41(31-24-27(16-20-34(31)50-8)42-37(46)52-39(2,3)4)30-12-10-11-13-32(30)45(36(41)44)33-25-28(17-21-35(33)51-9)43-38(47)53-40(5,6)7/h10-21,24-25,36H,22-23H2,1-9H3,(H,42,46)(H,43,47)/t36?,41-/m1/s1. The summed E-state index contributed by atoms with van der Waals surface area (Å²) in [4.78, 5) is 28.0. The lowest BCUT2D eigenvalue weighted by atomic mass is 9.73. The second kappa shape index (κ2) is 14.2. The first kappa shape index (κ1) is 38.5. The highest BCUT2D eigenvalue weighted by Crippen LogP contribution is 2.61. The van der Waals surface area contributed by atoms with Crippen LogP contribution in [0.5, 0.6) is 11.5 Å². The van der Waals surface area contributed by atoms with Gasteiger partial charge in [-0.15, -0.1) is 0 Å². The van der Waals surface area contributed by atoms with E-state index in [4.69, 9.17) is 18.9 Å². The fourth-order valence-corrected chi connectivity index (χ4v) is 8.93. The minimum Gasteiger partial charge on any atom is -0.496 e. The Morgan fingerprint density at radius 1 is 0.722 bits per heavy atom. The van der Waals surface area contributed by atoms with Crippen LogP contribution in [0.15, 0.2) is 89.8 Å². The molecule has 54 heavy (non-hydrogen) atoms. The highest BCUT2D eigenvalue weighted by Gasteiger charge is 2.62. The number of hydrogen-bond acceptors (Lipinski definition) is 9. The average molecular weight is 757 g/mol. The van der Waals surface area contributed by atoms with E-state index in [2.05, 4.69) is 10.6 Å². The van der Waals surface area contributed by atoms with Gasteiger partial charge >= 0.3 is 12.2 Å². The van der Waals surface area contributed by atoms with Crippen molar-refractivity contribution in [3.63, 3.8) is 0 Å². The van der Waals surface area contributed by atoms with Gasteiger partial charge in [0.15, 0.2) is 0 Å². The van der Waals surface area contributed by atoms with Gasteiger partial charge in [0, 0.05) is 29.2 Å². The van der Waals surface area contributed by atoms with Gasteiger partial charge in [0.25, 0.3) is 0 Å². The van der Waals surface area contributed by atoms with E-state index in [-0.39, 0.29) is 11.4 Å². The van der Waals surface area contributed by atoms with E-state index < -0.39 is 45.0 Å². The molecule has 1 unspecified atom stereocenters. The number of methoxy groups -OCH3 is 2. The summed E-state index contributed by atoms with van der Waals surface area (Å²) in [5, 5.41) is 5.68. The maximum absolute atomic E-state index is 14.9. The third-order valence-corrected chi connectivity index (χ3v) is 11.2. The summed E-state index contributed by atoms with van der Waals surface area (Å²) in [6.45, 7) is 12.7. The number of ether oxygens (including phenoxy) is 4. The second-order valence-electron chi connectivity index (χ2n) is 15.5. The van der Waals surface area contributed by atoms with Crippen LogP contribution in [0.3, 0.4) is 0 Å². The number of sulfonamides is 1. The van der Waals surface area contributed by atoms with Crippen LogP contribution >= 0.6 is 0 Å². The van der Waals surface area contributed by atoms with Gasteiger partial charge < -0.3 is 23.8 Å². The molecule has 1 saturated heterocycles. The Morgan fingerprint density at radius 2 is 1.28 bits per heavy atom. The first-order chi connectivity index (χ1) is 25.4. The Bertz CT molecular complexity index is 2180. The fourth-order valence-electron chi connectivity index (χ4n) is 7.31. The number of rotatable bonds is 8. The second-order valence-corrected chi connectivity index (χ2v) is 17.4. The topological polar surface area (TPSA) is 136 Å². The zero-order chi connectivity index (χ0) is 39.2. The Labute approximate surface area is 317 Å². The Kier molecular flexibility index (Phi) is 10.1. The van der Waals surface area contributed by atoms with Crippen molar-refractivity contribution >= 4 is 45.0 Å². The number of para-hydroxylation sites is 1. The predicted molar refractivity (Wildman–Crippen MR) is 209 cm³/mol. The minimum absolute atomic E-state index is 0.150. The molecule has 1 fully saturated rings. The van der Waals surface area contributed by atoms with Gasteiger partial charge in [0.05, 0.1) is 30.2 Å². The first-order valence-electron chi connectivity index (χ1n) is 17.7. The van der Waals surface area contributed by atoms with Crippen LogP contribution in [0.1, 0.15) is 64.7 Å². The average Bonchev–Trinajstić information content (AvgIpc) is 3.61. The van der Waals surface area contributed by atoms with Crippen molar-refractivity contribution in [3.8, 4) is 11.5 Å². The number of nitrogens with zero attached hydrogens (tertiary/aromatic N) is 2. The van der Waals surface area contributed by atoms with Crippen LogP contribution in [-0.2, 0) is 24.9 Å². The van der Waals surface area contributed by atoms with Crippen LogP contribution in [0.4, 0.5) is 32.3 Å². The minimum atomic E-state index is -4.12. The summed E-state index contributed by atoms with van der Waals surface area (Å²) >= 11 is 0. The van der Waals surface area contributed by atoms with Crippen molar-refractivity contribution in [2.75, 3.05) is 36.3 Å². The van der Waals surface area contributed by atoms with Crippen LogP contribution in [0.2, 0.25) is 0 Å². The number of hydrogen-bond donors (Lipinski definition) is 2. The van der Waals surface area contributed by atoms with E-state index >= 15 is 0 Å². The third kappa shape index (κ3) is 7.30. The number of anilines is 4. The highest BCUT2D eigenvalue weighted by molar-refractivity contribution is 7.89. The molecule has 6 rings (SSSR count). The first-order valence-corrected chi connectivity index (χ1v) is 19.2. The molecule has 2 N–H and O–H groups in total. The number of benzene rings is 4. The Hall–Kier alpha value is -5.27. The molecule has 0 aliphatic carbocycles. The van der Waals surface area contributed by atoms with Gasteiger partial charge in [-0.25, -0.2) is 18.0 Å². The molecule has 0 radical (unpaired) electrons. The molecule has 0 bridgehead atoms. The number of carbonyl (C=O) groups excluding carboxylic acids is 2. The quantitative estimate of drug-likeness (QED) is 0.181. The van der Waals surface area contributed by atoms with Crippen molar-refractivity contribution in [3.05, 3.63) is 102 Å². The monoisotopic (exact) mass is 756 g/mol. The van der Waals surface area contributed by atoms with Gasteiger partial charge in [0.1, 0.15) is 28.9 Å². The van der Waals surface area contributed by atoms with Crippen molar-refractivity contribution in [1.29, 1.82) is 0 Å². The summed E-state index contributed by atoms with van der Waals surface area (Å²) in [5.41, 5.74) is 2.06. The molecule has 4 aromatic rings. The molecular formula is C41H48N4O8S. The van der Waals surface area contributed by atoms with E-state index in [1.165, 1.54) is 4.31 Å². The van der Waals surface area contributed by atoms with E-state index in [0.717, 1.165) is 16.8 Å². The van der Waals surface area contributed by atoms with Gasteiger partial charge in [-0.3, -0.25) is 10.6 Å². The van der Waals surface area contributed by atoms with E-state index in [1.54, 1.807) is 110 Å². The summed E-state index contributed by atoms with van der Waals surface area (Å²) in [6.07, 6.45) is -1.81. The van der Waals surface area contributed by atoms with Crippen LogP contribution < -0.4 is 25.0 Å². The molecule has 0 aromatic heterocycles. The molecule has 4 aromatic carbocycles. The van der Waals surface area contributed by atoms with Crippen molar-refractivity contribution in [2.24, 2.45) is 0 Å². The van der Waals surface area contributed by atoms with Gasteiger partial charge in [-0.2, -0.15) is 4.31 Å². The molecular weight excluding hydrogens is 709 g/mol. The molecule has 0 spiro atoms. The molecule has 0 saturated carbocycles. The van der Waals surface area contributed by atoms with Gasteiger partial charge in [-0.05, 0) is 115 Å². The summed E-state index contributed by atoms with van der Waals surface area (Å²) < 4.78 is 54.3. The number of fused-ring (bicyclic) bond motifs is 3. The molecule has 13 heteroatoms. The lowest BCUT2D eigenvalue weighted by Crippen LogP contribution is -2.50. The van der Waals surface area contributed by atoms with Crippen LogP contribution in [0, 0.1) is 6.92 Å². The molecule has 2 aliphatic heterocycles. The number of aryl methyl sites for hydroxylation is 1. The van der Waals surface area contributed by atoms with E-state index in [1.807, 2.05) is 42.2 Å². The summed E-state index contributed by atoms with van der Waals surface area (Å²) in [5.74, 6) is 0.954. The molecule has 12 nitrogen and oxygen atoms in total. The van der Waals surface area contributed by atoms with Gasteiger partial charge in [-0.1, -0.05) is 35.9 Å². The summed E-state index contributed by atoms with van der Waals surface area (Å²) in [7, 11) is -1.02. The van der Waals surface area contributed by atoms with Gasteiger partial charge in [0.2, 0.25) is 10.0 Å². The number of nitrogens with one attached hydrogen (secondary N) is 2. The molecule has 2 atom stereocenters. The Balaban J connectivity index is 1.59. The third-order valence-electron chi connectivity index (χ3n) is 9.37. The fraction of sp³-hybridized carbons (Fsp3) is 0.366. The largest absolute Gasteiger partial charge is 0.496 e. The van der Waals surface area contributed by atoms with Crippen molar-refractivity contribution in [1.82, 2.24) is 4.31 Å². The van der Waals surface area contributed by atoms with Crippen LogP contribution in [0.25, 0.3) is 0 Å². The lowest BCUT2D eigenvalue weighted by molar-refractivity contribution is 0.0624. The Morgan fingerprint density at radius 3 is 1.85 bits per heavy atom. The molecule has 2 amide bonds. The number of carbonyl (C=O) groups is 2. The maximum Gasteiger partial charge on any atom is 0.412 e. The zero-order valence-electron chi connectivity index (χ0n) is 32.1. The van der Waals surface area contributed by atoms with E-state index in [0.29, 0.717) is 40.5 Å². The highest BCUT2D eigenvalue weighted by atomic mass is 32.2.